The number of benzene rings is 1. The summed E-state index contributed by atoms with van der Waals surface area (Å²) >= 11 is 0. The molecule has 0 aliphatic carbocycles. The lowest BCUT2D eigenvalue weighted by Crippen LogP contribution is -2.44. The molecular formula is C15H24N2O. The van der Waals surface area contributed by atoms with Crippen LogP contribution in [0.1, 0.15) is 16.7 Å². The van der Waals surface area contributed by atoms with Crippen molar-refractivity contribution in [1.29, 1.82) is 0 Å². The summed E-state index contributed by atoms with van der Waals surface area (Å²) in [5.41, 5.74) is 4.03. The van der Waals surface area contributed by atoms with Crippen molar-refractivity contribution < 1.29 is 4.74 Å². The van der Waals surface area contributed by atoms with E-state index in [-0.39, 0.29) is 0 Å². The third kappa shape index (κ3) is 4.09. The van der Waals surface area contributed by atoms with Crippen LogP contribution in [0.25, 0.3) is 0 Å². The summed E-state index contributed by atoms with van der Waals surface area (Å²) in [6, 6.07) is 6.70. The van der Waals surface area contributed by atoms with Crippen LogP contribution in [0, 0.1) is 13.8 Å². The first kappa shape index (κ1) is 13.5. The van der Waals surface area contributed by atoms with Crippen molar-refractivity contribution in [2.24, 2.45) is 0 Å². The lowest BCUT2D eigenvalue weighted by atomic mass is 10.1. The summed E-state index contributed by atoms with van der Waals surface area (Å²) in [5, 5.41) is 3.49. The van der Waals surface area contributed by atoms with Crippen molar-refractivity contribution in [3.63, 3.8) is 0 Å². The Morgan fingerprint density at radius 1 is 1.28 bits per heavy atom. The maximum Gasteiger partial charge on any atom is 0.0826 e. The van der Waals surface area contributed by atoms with Gasteiger partial charge in [-0.2, -0.15) is 0 Å². The van der Waals surface area contributed by atoms with Crippen LogP contribution < -0.4 is 5.32 Å². The molecule has 0 amide bonds. The number of ether oxygens (including phenoxy) is 1. The van der Waals surface area contributed by atoms with Crippen molar-refractivity contribution in [3.8, 4) is 0 Å². The number of likely N-dealkylation sites (N-methyl/N-ethyl adjacent to an activating group) is 1. The van der Waals surface area contributed by atoms with Crippen molar-refractivity contribution in [3.05, 3.63) is 34.9 Å². The molecule has 100 valence electrons. The van der Waals surface area contributed by atoms with Crippen LogP contribution in [0.5, 0.6) is 0 Å². The first-order chi connectivity index (χ1) is 8.63. The molecule has 0 spiro atoms. The highest BCUT2D eigenvalue weighted by Crippen LogP contribution is 2.09. The van der Waals surface area contributed by atoms with Crippen LogP contribution in [0.2, 0.25) is 0 Å². The Bertz CT molecular complexity index is 372. The number of hydrogen-bond acceptors (Lipinski definition) is 3. The molecule has 1 heterocycles. The van der Waals surface area contributed by atoms with Gasteiger partial charge in [-0.25, -0.2) is 0 Å². The molecule has 1 saturated heterocycles. The molecule has 0 radical (unpaired) electrons. The van der Waals surface area contributed by atoms with E-state index in [1.54, 1.807) is 0 Å². The van der Waals surface area contributed by atoms with Crippen LogP contribution >= 0.6 is 0 Å². The predicted octanol–water partition coefficient (Wildman–Crippen LogP) is 1.72. The average Bonchev–Trinajstić information content (AvgIpc) is 2.27. The minimum Gasteiger partial charge on any atom is -0.374 e. The van der Waals surface area contributed by atoms with E-state index >= 15 is 0 Å². The summed E-state index contributed by atoms with van der Waals surface area (Å²) < 4.78 is 5.73. The standard InChI is InChI=1S/C15H24N2O/c1-12-6-13(2)8-14(7-12)9-16-10-15-11-17(3)4-5-18-15/h6-8,15-16H,4-5,9-11H2,1-3H3. The molecule has 3 heteroatoms. The second-order valence-electron chi connectivity index (χ2n) is 5.38. The van der Waals surface area contributed by atoms with Crippen molar-refractivity contribution in [2.75, 3.05) is 33.3 Å². The molecule has 2 rings (SSSR count). The van der Waals surface area contributed by atoms with Crippen LogP contribution in [0.3, 0.4) is 0 Å². The topological polar surface area (TPSA) is 24.5 Å². The highest BCUT2D eigenvalue weighted by Gasteiger charge is 2.16. The molecule has 1 atom stereocenters. The first-order valence-electron chi connectivity index (χ1n) is 6.71. The molecule has 0 saturated carbocycles. The number of aryl methyl sites for hydroxylation is 2. The zero-order valence-corrected chi connectivity index (χ0v) is 11.7. The summed E-state index contributed by atoms with van der Waals surface area (Å²) in [5.74, 6) is 0. The van der Waals surface area contributed by atoms with E-state index in [9.17, 15) is 0 Å². The molecule has 1 unspecified atom stereocenters. The van der Waals surface area contributed by atoms with Gasteiger partial charge < -0.3 is 15.0 Å². The molecule has 1 fully saturated rings. The van der Waals surface area contributed by atoms with E-state index in [2.05, 4.69) is 49.3 Å². The Kier molecular flexibility index (Phi) is 4.75. The van der Waals surface area contributed by atoms with Gasteiger partial charge in [-0.15, -0.1) is 0 Å². The summed E-state index contributed by atoms with van der Waals surface area (Å²) in [6.45, 7) is 9.08. The maximum atomic E-state index is 5.73. The molecule has 0 bridgehead atoms. The van der Waals surface area contributed by atoms with Gasteiger partial charge in [0.25, 0.3) is 0 Å². The summed E-state index contributed by atoms with van der Waals surface area (Å²) in [6.07, 6.45) is 0.328. The number of nitrogens with zero attached hydrogens (tertiary/aromatic N) is 1. The predicted molar refractivity (Wildman–Crippen MR) is 74.9 cm³/mol. The second-order valence-corrected chi connectivity index (χ2v) is 5.38. The van der Waals surface area contributed by atoms with Crippen LogP contribution in [-0.2, 0) is 11.3 Å². The van der Waals surface area contributed by atoms with Crippen molar-refractivity contribution in [1.82, 2.24) is 10.2 Å². The van der Waals surface area contributed by atoms with Gasteiger partial charge in [0.05, 0.1) is 12.7 Å². The van der Waals surface area contributed by atoms with E-state index in [0.717, 1.165) is 32.8 Å². The molecule has 1 N–H and O–H groups in total. The molecule has 1 aliphatic rings. The Hall–Kier alpha value is -0.900. The third-order valence-corrected chi connectivity index (χ3v) is 3.32. The van der Waals surface area contributed by atoms with Crippen LogP contribution in [0.4, 0.5) is 0 Å². The largest absolute Gasteiger partial charge is 0.374 e. The first-order valence-corrected chi connectivity index (χ1v) is 6.71. The Morgan fingerprint density at radius 3 is 2.67 bits per heavy atom. The molecule has 18 heavy (non-hydrogen) atoms. The van der Waals surface area contributed by atoms with Gasteiger partial charge in [-0.05, 0) is 26.5 Å². The Balaban J connectivity index is 1.77. The van der Waals surface area contributed by atoms with Gasteiger partial charge >= 0.3 is 0 Å². The smallest absolute Gasteiger partial charge is 0.0826 e. The lowest BCUT2D eigenvalue weighted by Gasteiger charge is -2.30. The highest BCUT2D eigenvalue weighted by atomic mass is 16.5. The summed E-state index contributed by atoms with van der Waals surface area (Å²) in [7, 11) is 2.15. The van der Waals surface area contributed by atoms with E-state index in [4.69, 9.17) is 4.74 Å². The molecule has 1 aromatic rings. The molecule has 1 aliphatic heterocycles. The van der Waals surface area contributed by atoms with Gasteiger partial charge in [-0.1, -0.05) is 29.3 Å². The molecule has 0 aromatic heterocycles. The monoisotopic (exact) mass is 248 g/mol. The van der Waals surface area contributed by atoms with Crippen molar-refractivity contribution in [2.45, 2.75) is 26.5 Å². The molecule has 1 aromatic carbocycles. The highest BCUT2D eigenvalue weighted by molar-refractivity contribution is 5.28. The normalized spacial score (nSPS) is 21.2. The van der Waals surface area contributed by atoms with Crippen molar-refractivity contribution >= 4 is 0 Å². The average molecular weight is 248 g/mol. The van der Waals surface area contributed by atoms with Gasteiger partial charge in [-0.3, -0.25) is 0 Å². The summed E-state index contributed by atoms with van der Waals surface area (Å²) in [4.78, 5) is 2.33. The minimum absolute atomic E-state index is 0.328. The number of morpholine rings is 1. The van der Waals surface area contributed by atoms with Crippen LogP contribution in [0.15, 0.2) is 18.2 Å². The Labute approximate surface area is 110 Å². The lowest BCUT2D eigenvalue weighted by molar-refractivity contribution is -0.0182. The van der Waals surface area contributed by atoms with E-state index in [1.165, 1.54) is 16.7 Å². The Morgan fingerprint density at radius 2 is 2.00 bits per heavy atom. The third-order valence-electron chi connectivity index (χ3n) is 3.32. The fourth-order valence-corrected chi connectivity index (χ4v) is 2.54. The second kappa shape index (κ2) is 6.32. The minimum atomic E-state index is 0.328. The van der Waals surface area contributed by atoms with Gasteiger partial charge in [0.2, 0.25) is 0 Å². The quantitative estimate of drug-likeness (QED) is 0.878. The fraction of sp³-hybridized carbons (Fsp3) is 0.600. The zero-order valence-electron chi connectivity index (χ0n) is 11.7. The van der Waals surface area contributed by atoms with E-state index < -0.39 is 0 Å². The number of nitrogens with one attached hydrogen (secondary N) is 1. The molecule has 3 nitrogen and oxygen atoms in total. The fourth-order valence-electron chi connectivity index (χ4n) is 2.54. The van der Waals surface area contributed by atoms with Gasteiger partial charge in [0.15, 0.2) is 0 Å². The van der Waals surface area contributed by atoms with Gasteiger partial charge in [0, 0.05) is 26.2 Å². The van der Waals surface area contributed by atoms with Gasteiger partial charge in [0.1, 0.15) is 0 Å². The van der Waals surface area contributed by atoms with E-state index in [0.29, 0.717) is 6.10 Å². The molecular weight excluding hydrogens is 224 g/mol. The SMILES string of the molecule is Cc1cc(C)cc(CNCC2CN(C)CCO2)c1. The zero-order chi connectivity index (χ0) is 13.0. The number of rotatable bonds is 4. The number of hydrogen-bond donors (Lipinski definition) is 1. The maximum absolute atomic E-state index is 5.73. The van der Waals surface area contributed by atoms with E-state index in [1.807, 2.05) is 0 Å². The van der Waals surface area contributed by atoms with Crippen LogP contribution in [-0.4, -0.2) is 44.3 Å².